The van der Waals surface area contributed by atoms with Gasteiger partial charge in [0.15, 0.2) is 9.84 Å². The van der Waals surface area contributed by atoms with E-state index in [0.717, 1.165) is 0 Å². The van der Waals surface area contributed by atoms with Gasteiger partial charge in [-0.1, -0.05) is 6.08 Å². The van der Waals surface area contributed by atoms with Crippen molar-refractivity contribution in [1.29, 1.82) is 0 Å². The number of hydrogen-bond donors (Lipinski definition) is 1. The zero-order chi connectivity index (χ0) is 8.20. The van der Waals surface area contributed by atoms with Crippen LogP contribution in [0.3, 0.4) is 0 Å². The van der Waals surface area contributed by atoms with Crippen LogP contribution in [0.2, 0.25) is 0 Å². The highest BCUT2D eigenvalue weighted by Crippen LogP contribution is 1.99. The van der Waals surface area contributed by atoms with Gasteiger partial charge in [-0.05, 0) is 13.5 Å². The van der Waals surface area contributed by atoms with E-state index in [4.69, 9.17) is 0 Å². The second-order valence-electron chi connectivity index (χ2n) is 2.13. The molecule has 0 aromatic heterocycles. The van der Waals surface area contributed by atoms with Crippen LogP contribution in [0.25, 0.3) is 0 Å². The minimum absolute atomic E-state index is 0.454. The Kier molecular flexibility index (Phi) is 3.60. The summed E-state index contributed by atoms with van der Waals surface area (Å²) in [6.07, 6.45) is 3.25. The average Bonchev–Trinajstić information content (AvgIpc) is 1.80. The van der Waals surface area contributed by atoms with Crippen molar-refractivity contribution < 1.29 is 8.42 Å². The first-order valence-corrected chi connectivity index (χ1v) is 4.95. The van der Waals surface area contributed by atoms with Gasteiger partial charge >= 0.3 is 0 Å². The summed E-state index contributed by atoms with van der Waals surface area (Å²) in [4.78, 5) is 0. The fourth-order valence-corrected chi connectivity index (χ4v) is 1.57. The summed E-state index contributed by atoms with van der Waals surface area (Å²) in [6, 6.07) is 0. The summed E-state index contributed by atoms with van der Waals surface area (Å²) >= 11 is 0. The molecule has 0 saturated heterocycles. The molecule has 1 unspecified atom stereocenters. The maximum atomic E-state index is 10.8. The molecule has 0 spiro atoms. The topological polar surface area (TPSA) is 46.2 Å². The van der Waals surface area contributed by atoms with Crippen molar-refractivity contribution in [2.24, 2.45) is 0 Å². The van der Waals surface area contributed by atoms with Gasteiger partial charge in [0, 0.05) is 6.26 Å². The Hall–Kier alpha value is -0.350. The van der Waals surface area contributed by atoms with Gasteiger partial charge in [0.05, 0.1) is 0 Å². The Morgan fingerprint density at radius 2 is 2.20 bits per heavy atom. The smallest absolute Gasteiger partial charge is 0.163 e. The van der Waals surface area contributed by atoms with Crippen LogP contribution in [0.4, 0.5) is 0 Å². The molecular formula is C6H13NO2S. The second kappa shape index (κ2) is 3.73. The minimum atomic E-state index is -2.96. The fourth-order valence-electron chi connectivity index (χ4n) is 0.658. The number of hydrogen-bond acceptors (Lipinski definition) is 3. The van der Waals surface area contributed by atoms with Gasteiger partial charge in [0.1, 0.15) is 5.37 Å². The maximum Gasteiger partial charge on any atom is 0.163 e. The SMILES string of the molecule is C=CCC(NC)S(C)(=O)=O. The van der Waals surface area contributed by atoms with Gasteiger partial charge in [-0.2, -0.15) is 0 Å². The molecule has 0 aliphatic carbocycles. The summed E-state index contributed by atoms with van der Waals surface area (Å²) in [5.41, 5.74) is 0. The van der Waals surface area contributed by atoms with Crippen molar-refractivity contribution in [3.8, 4) is 0 Å². The van der Waals surface area contributed by atoms with E-state index in [1.54, 1.807) is 13.1 Å². The largest absolute Gasteiger partial charge is 0.304 e. The quantitative estimate of drug-likeness (QED) is 0.600. The molecule has 0 aromatic carbocycles. The molecule has 0 aromatic rings. The van der Waals surface area contributed by atoms with Gasteiger partial charge in [-0.25, -0.2) is 8.42 Å². The molecule has 4 heteroatoms. The summed E-state index contributed by atoms with van der Waals surface area (Å²) < 4.78 is 21.7. The Morgan fingerprint density at radius 3 is 2.30 bits per heavy atom. The van der Waals surface area contributed by atoms with Crippen LogP contribution in [0.1, 0.15) is 6.42 Å². The monoisotopic (exact) mass is 163 g/mol. The first-order chi connectivity index (χ1) is 4.52. The first-order valence-electron chi connectivity index (χ1n) is 2.99. The number of nitrogens with one attached hydrogen (secondary N) is 1. The van der Waals surface area contributed by atoms with Crippen molar-refractivity contribution in [2.45, 2.75) is 11.8 Å². The van der Waals surface area contributed by atoms with Crippen LogP contribution in [0, 0.1) is 0 Å². The molecule has 60 valence electrons. The number of rotatable bonds is 4. The van der Waals surface area contributed by atoms with E-state index in [1.807, 2.05) is 0 Å². The van der Waals surface area contributed by atoms with Crippen molar-refractivity contribution >= 4 is 9.84 Å². The standard InChI is InChI=1S/C6H13NO2S/c1-4-5-6(7-2)10(3,8)9/h4,6-7H,1,5H2,2-3H3. The highest BCUT2D eigenvalue weighted by atomic mass is 32.2. The molecular weight excluding hydrogens is 150 g/mol. The molecule has 10 heavy (non-hydrogen) atoms. The molecule has 0 saturated carbocycles. The third-order valence-corrected chi connectivity index (χ3v) is 2.68. The minimum Gasteiger partial charge on any atom is -0.304 e. The molecule has 0 bridgehead atoms. The van der Waals surface area contributed by atoms with E-state index in [0.29, 0.717) is 6.42 Å². The first kappa shape index (κ1) is 9.65. The third kappa shape index (κ3) is 2.98. The third-order valence-electron chi connectivity index (χ3n) is 1.22. The van der Waals surface area contributed by atoms with Crippen LogP contribution < -0.4 is 5.32 Å². The Balaban J connectivity index is 4.22. The molecule has 0 fully saturated rings. The van der Waals surface area contributed by atoms with E-state index in [2.05, 4.69) is 11.9 Å². The lowest BCUT2D eigenvalue weighted by atomic mass is 10.4. The maximum absolute atomic E-state index is 10.8. The summed E-state index contributed by atoms with van der Waals surface area (Å²) in [5, 5.41) is 2.20. The van der Waals surface area contributed by atoms with Crippen LogP contribution in [-0.2, 0) is 9.84 Å². The highest BCUT2D eigenvalue weighted by molar-refractivity contribution is 7.91. The number of sulfone groups is 1. The molecule has 1 atom stereocenters. The average molecular weight is 163 g/mol. The zero-order valence-corrected chi connectivity index (χ0v) is 7.11. The van der Waals surface area contributed by atoms with Gasteiger partial charge in [-0.15, -0.1) is 6.58 Å². The lowest BCUT2D eigenvalue weighted by molar-refractivity contribution is 0.571. The van der Waals surface area contributed by atoms with Crippen molar-refractivity contribution in [1.82, 2.24) is 5.32 Å². The zero-order valence-electron chi connectivity index (χ0n) is 6.29. The predicted molar refractivity (Wildman–Crippen MR) is 42.5 cm³/mol. The van der Waals surface area contributed by atoms with E-state index in [9.17, 15) is 8.42 Å². The Morgan fingerprint density at radius 1 is 1.70 bits per heavy atom. The van der Waals surface area contributed by atoms with Crippen LogP contribution in [-0.4, -0.2) is 27.1 Å². The van der Waals surface area contributed by atoms with Gasteiger partial charge < -0.3 is 5.32 Å². The molecule has 0 radical (unpaired) electrons. The lowest BCUT2D eigenvalue weighted by Crippen LogP contribution is -2.32. The molecule has 0 amide bonds. The van der Waals surface area contributed by atoms with Crippen LogP contribution >= 0.6 is 0 Å². The van der Waals surface area contributed by atoms with Gasteiger partial charge in [-0.3, -0.25) is 0 Å². The summed E-state index contributed by atoms with van der Waals surface area (Å²) in [7, 11) is -1.34. The molecule has 1 N–H and O–H groups in total. The molecule has 0 rings (SSSR count). The second-order valence-corrected chi connectivity index (χ2v) is 4.36. The van der Waals surface area contributed by atoms with Gasteiger partial charge in [0.2, 0.25) is 0 Å². The summed E-state index contributed by atoms with van der Waals surface area (Å²) in [5.74, 6) is 0. The van der Waals surface area contributed by atoms with Crippen molar-refractivity contribution in [2.75, 3.05) is 13.3 Å². The van der Waals surface area contributed by atoms with E-state index >= 15 is 0 Å². The summed E-state index contributed by atoms with van der Waals surface area (Å²) in [6.45, 7) is 3.46. The molecule has 3 nitrogen and oxygen atoms in total. The van der Waals surface area contributed by atoms with E-state index in [-0.39, 0.29) is 0 Å². The lowest BCUT2D eigenvalue weighted by Gasteiger charge is -2.10. The highest BCUT2D eigenvalue weighted by Gasteiger charge is 2.15. The van der Waals surface area contributed by atoms with E-state index in [1.165, 1.54) is 6.26 Å². The molecule has 0 aliphatic heterocycles. The van der Waals surface area contributed by atoms with Crippen LogP contribution in [0.15, 0.2) is 12.7 Å². The van der Waals surface area contributed by atoms with Gasteiger partial charge in [0.25, 0.3) is 0 Å². The Bertz CT molecular complexity index is 196. The van der Waals surface area contributed by atoms with E-state index < -0.39 is 15.2 Å². The fraction of sp³-hybridized carbons (Fsp3) is 0.667. The Labute approximate surface area is 62.0 Å². The normalized spacial score (nSPS) is 14.6. The predicted octanol–water partition coefficient (Wildman–Crippen LogP) is 0.153. The molecule has 0 aliphatic rings. The van der Waals surface area contributed by atoms with Crippen molar-refractivity contribution in [3.05, 3.63) is 12.7 Å². The molecule has 0 heterocycles. The van der Waals surface area contributed by atoms with Crippen LogP contribution in [0.5, 0.6) is 0 Å². The van der Waals surface area contributed by atoms with Crippen molar-refractivity contribution in [3.63, 3.8) is 0 Å².